The number of hydrogen-bond donors (Lipinski definition) is 2. The minimum atomic E-state index is -1.02. The first-order valence-corrected chi connectivity index (χ1v) is 6.39. The molecule has 2 aromatic heterocycles. The molecule has 3 aromatic rings. The first-order chi connectivity index (χ1) is 10.0. The number of aromatic amines is 1. The van der Waals surface area contributed by atoms with Gasteiger partial charge in [0.05, 0.1) is 18.3 Å². The van der Waals surface area contributed by atoms with Crippen LogP contribution in [-0.4, -0.2) is 28.3 Å². The van der Waals surface area contributed by atoms with E-state index in [1.807, 2.05) is 19.9 Å². The minimum Gasteiger partial charge on any atom is -0.495 e. The molecule has 0 bridgehead atoms. The van der Waals surface area contributed by atoms with Crippen LogP contribution in [0.2, 0.25) is 0 Å². The Bertz CT molecular complexity index is 825. The van der Waals surface area contributed by atoms with E-state index >= 15 is 0 Å². The van der Waals surface area contributed by atoms with E-state index in [0.29, 0.717) is 17.0 Å². The van der Waals surface area contributed by atoms with Crippen LogP contribution in [0.3, 0.4) is 0 Å². The number of carbonyl (C=O) groups is 1. The van der Waals surface area contributed by atoms with Gasteiger partial charge in [-0.1, -0.05) is 5.16 Å². The highest BCUT2D eigenvalue weighted by Gasteiger charge is 2.19. The van der Waals surface area contributed by atoms with Crippen LogP contribution in [-0.2, 0) is 0 Å². The van der Waals surface area contributed by atoms with Crippen molar-refractivity contribution in [2.75, 3.05) is 7.11 Å². The van der Waals surface area contributed by atoms with Crippen molar-refractivity contribution in [1.29, 1.82) is 0 Å². The summed E-state index contributed by atoms with van der Waals surface area (Å²) in [5, 5.41) is 13.9. The lowest BCUT2D eigenvalue weighted by atomic mass is 10.00. The smallest absolute Gasteiger partial charge is 0.352 e. The quantitative estimate of drug-likeness (QED) is 0.772. The molecule has 3 rings (SSSR count). The highest BCUT2D eigenvalue weighted by molar-refractivity contribution is 6.03. The van der Waals surface area contributed by atoms with Crippen molar-refractivity contribution in [3.8, 4) is 16.9 Å². The number of benzene rings is 1. The van der Waals surface area contributed by atoms with E-state index in [1.165, 1.54) is 0 Å². The molecule has 0 amide bonds. The van der Waals surface area contributed by atoms with E-state index in [4.69, 9.17) is 9.26 Å². The average molecular weight is 286 g/mol. The zero-order valence-electron chi connectivity index (χ0n) is 11.9. The van der Waals surface area contributed by atoms with Crippen molar-refractivity contribution in [2.24, 2.45) is 0 Å². The Balaban J connectivity index is 2.37. The third kappa shape index (κ3) is 1.96. The van der Waals surface area contributed by atoms with E-state index in [0.717, 1.165) is 22.2 Å². The summed E-state index contributed by atoms with van der Waals surface area (Å²) in [6.45, 7) is 3.68. The lowest BCUT2D eigenvalue weighted by Gasteiger charge is -2.06. The number of aromatic nitrogens is 2. The minimum absolute atomic E-state index is 0.113. The summed E-state index contributed by atoms with van der Waals surface area (Å²) in [6, 6.07) is 5.28. The number of aryl methyl sites for hydroxylation is 2. The van der Waals surface area contributed by atoms with Gasteiger partial charge in [0.25, 0.3) is 0 Å². The van der Waals surface area contributed by atoms with Gasteiger partial charge in [0.1, 0.15) is 17.2 Å². The topological polar surface area (TPSA) is 88.3 Å². The molecule has 0 aliphatic carbocycles. The molecule has 0 aliphatic heterocycles. The molecule has 0 atom stereocenters. The first kappa shape index (κ1) is 13.2. The van der Waals surface area contributed by atoms with Gasteiger partial charge < -0.3 is 19.4 Å². The van der Waals surface area contributed by atoms with Crippen molar-refractivity contribution in [3.05, 3.63) is 35.3 Å². The predicted octanol–water partition coefficient (Wildman–Crippen LogP) is 3.15. The SMILES string of the molecule is COc1ccc(-c2c(C)noc2C)c2cc(C(=O)O)[nH]c12. The van der Waals surface area contributed by atoms with E-state index in [1.54, 1.807) is 19.2 Å². The van der Waals surface area contributed by atoms with Gasteiger partial charge in [-0.05, 0) is 37.6 Å². The molecule has 2 heterocycles. The van der Waals surface area contributed by atoms with Crippen LogP contribution in [0.4, 0.5) is 0 Å². The highest BCUT2D eigenvalue weighted by Crippen LogP contribution is 2.37. The fourth-order valence-electron chi connectivity index (χ4n) is 2.56. The maximum absolute atomic E-state index is 11.2. The van der Waals surface area contributed by atoms with Crippen LogP contribution in [0.15, 0.2) is 22.7 Å². The van der Waals surface area contributed by atoms with Gasteiger partial charge in [-0.25, -0.2) is 4.79 Å². The molecule has 0 fully saturated rings. The second kappa shape index (κ2) is 4.66. The average Bonchev–Trinajstić information content (AvgIpc) is 3.03. The zero-order chi connectivity index (χ0) is 15.1. The second-order valence-corrected chi connectivity index (χ2v) is 4.79. The number of H-pyrrole nitrogens is 1. The van der Waals surface area contributed by atoms with Crippen LogP contribution >= 0.6 is 0 Å². The van der Waals surface area contributed by atoms with Gasteiger partial charge in [0.2, 0.25) is 0 Å². The molecule has 6 heteroatoms. The van der Waals surface area contributed by atoms with Crippen molar-refractivity contribution in [2.45, 2.75) is 13.8 Å². The monoisotopic (exact) mass is 286 g/mol. The van der Waals surface area contributed by atoms with Gasteiger partial charge in [-0.15, -0.1) is 0 Å². The number of ether oxygens (including phenoxy) is 1. The van der Waals surface area contributed by atoms with Crippen molar-refractivity contribution >= 4 is 16.9 Å². The number of fused-ring (bicyclic) bond motifs is 1. The largest absolute Gasteiger partial charge is 0.495 e. The number of nitrogens with zero attached hydrogens (tertiary/aromatic N) is 1. The molecule has 0 spiro atoms. The summed E-state index contributed by atoms with van der Waals surface area (Å²) < 4.78 is 10.5. The fourth-order valence-corrected chi connectivity index (χ4v) is 2.56. The number of methoxy groups -OCH3 is 1. The van der Waals surface area contributed by atoms with Gasteiger partial charge in [-0.2, -0.15) is 0 Å². The standard InChI is InChI=1S/C15H14N2O4/c1-7-13(8(2)21-17-7)9-4-5-12(20-3)14-10(9)6-11(16-14)15(18)19/h4-6,16H,1-3H3,(H,18,19). The summed E-state index contributed by atoms with van der Waals surface area (Å²) in [7, 11) is 1.55. The number of carboxylic acids is 1. The van der Waals surface area contributed by atoms with Crippen LogP contribution < -0.4 is 4.74 Å². The van der Waals surface area contributed by atoms with Gasteiger partial charge in [0, 0.05) is 10.9 Å². The summed E-state index contributed by atoms with van der Waals surface area (Å²) in [6.07, 6.45) is 0. The predicted molar refractivity (Wildman–Crippen MR) is 76.8 cm³/mol. The van der Waals surface area contributed by atoms with Crippen molar-refractivity contribution < 1.29 is 19.2 Å². The van der Waals surface area contributed by atoms with Crippen LogP contribution in [0.5, 0.6) is 5.75 Å². The van der Waals surface area contributed by atoms with E-state index in [9.17, 15) is 9.90 Å². The third-order valence-electron chi connectivity index (χ3n) is 3.51. The van der Waals surface area contributed by atoms with E-state index in [2.05, 4.69) is 10.1 Å². The van der Waals surface area contributed by atoms with E-state index in [-0.39, 0.29) is 5.69 Å². The Morgan fingerprint density at radius 3 is 2.71 bits per heavy atom. The molecular weight excluding hydrogens is 272 g/mol. The lowest BCUT2D eigenvalue weighted by Crippen LogP contribution is -1.95. The normalized spacial score (nSPS) is 11.0. The molecule has 0 saturated carbocycles. The molecule has 108 valence electrons. The number of hydrogen-bond acceptors (Lipinski definition) is 4. The molecule has 0 radical (unpaired) electrons. The summed E-state index contributed by atoms with van der Waals surface area (Å²) in [4.78, 5) is 14.1. The van der Waals surface area contributed by atoms with Crippen LogP contribution in [0, 0.1) is 13.8 Å². The maximum Gasteiger partial charge on any atom is 0.352 e. The Labute approximate surface area is 120 Å². The maximum atomic E-state index is 11.2. The summed E-state index contributed by atoms with van der Waals surface area (Å²) in [5.74, 6) is 0.267. The van der Waals surface area contributed by atoms with Crippen molar-refractivity contribution in [1.82, 2.24) is 10.1 Å². The Morgan fingerprint density at radius 2 is 2.14 bits per heavy atom. The fraction of sp³-hybridized carbons (Fsp3) is 0.200. The summed E-state index contributed by atoms with van der Waals surface area (Å²) >= 11 is 0. The molecule has 0 aliphatic rings. The van der Waals surface area contributed by atoms with Gasteiger partial charge in [0.15, 0.2) is 0 Å². The molecule has 6 nitrogen and oxygen atoms in total. The molecule has 21 heavy (non-hydrogen) atoms. The Hall–Kier alpha value is -2.76. The molecule has 0 unspecified atom stereocenters. The third-order valence-corrected chi connectivity index (χ3v) is 3.51. The van der Waals surface area contributed by atoms with Crippen LogP contribution in [0.25, 0.3) is 22.0 Å². The number of nitrogens with one attached hydrogen (secondary N) is 1. The highest BCUT2D eigenvalue weighted by atomic mass is 16.5. The Morgan fingerprint density at radius 1 is 1.38 bits per heavy atom. The number of rotatable bonds is 3. The number of aromatic carboxylic acids is 1. The van der Waals surface area contributed by atoms with Gasteiger partial charge in [-0.3, -0.25) is 0 Å². The van der Waals surface area contributed by atoms with Gasteiger partial charge >= 0.3 is 5.97 Å². The van der Waals surface area contributed by atoms with E-state index < -0.39 is 5.97 Å². The van der Waals surface area contributed by atoms with Crippen molar-refractivity contribution in [3.63, 3.8) is 0 Å². The number of carboxylic acid groups (broad SMARTS) is 1. The van der Waals surface area contributed by atoms with Crippen LogP contribution in [0.1, 0.15) is 21.9 Å². The first-order valence-electron chi connectivity index (χ1n) is 6.39. The lowest BCUT2D eigenvalue weighted by molar-refractivity contribution is 0.0691. The zero-order valence-corrected chi connectivity index (χ0v) is 11.9. The molecular formula is C15H14N2O4. The second-order valence-electron chi connectivity index (χ2n) is 4.79. The Kier molecular flexibility index (Phi) is 2.94. The molecule has 0 saturated heterocycles. The molecule has 2 N–H and O–H groups in total. The molecule has 1 aromatic carbocycles. The summed E-state index contributed by atoms with van der Waals surface area (Å²) in [5.41, 5.74) is 3.26.